The maximum atomic E-state index is 14.1. The lowest BCUT2D eigenvalue weighted by Gasteiger charge is -2.24. The number of esters is 1. The molecular formula is C31H27N3O7S. The van der Waals surface area contributed by atoms with Gasteiger partial charge in [-0.3, -0.25) is 9.36 Å². The third-order valence-electron chi connectivity index (χ3n) is 7.60. The first-order valence-electron chi connectivity index (χ1n) is 13.5. The standard InChI is InChI=1S/C31H27N3O7S/c1-5-37-30(36)27-17(3)32-31-34(28(27)19-6-8-22-24(11-19)40-14-38-22)29(35)26(42-31)12-20-10-16(2)33(18(20)4)21-7-9-23-25(13-21)41-15-39-23/h6-13,28H,5,14-15H2,1-4H3/b26-12+/t28-/m0/s1. The smallest absolute Gasteiger partial charge is 0.338 e. The maximum Gasteiger partial charge on any atom is 0.338 e. The summed E-state index contributed by atoms with van der Waals surface area (Å²) in [6.07, 6.45) is 1.88. The fourth-order valence-corrected chi connectivity index (χ4v) is 6.72. The Balaban J connectivity index is 1.37. The number of fused-ring (bicyclic) bond motifs is 3. The number of nitrogens with zero attached hydrogens (tertiary/aromatic N) is 3. The van der Waals surface area contributed by atoms with Crippen LogP contribution < -0.4 is 33.8 Å². The van der Waals surface area contributed by atoms with Crippen LogP contribution in [0.1, 0.15) is 42.4 Å². The van der Waals surface area contributed by atoms with Crippen molar-refractivity contribution in [3.05, 3.63) is 95.9 Å². The summed E-state index contributed by atoms with van der Waals surface area (Å²) in [5.74, 6) is 2.08. The molecule has 2 aromatic carbocycles. The van der Waals surface area contributed by atoms with Gasteiger partial charge in [-0.15, -0.1) is 0 Å². The minimum absolute atomic E-state index is 0.117. The molecule has 0 N–H and O–H groups in total. The molecule has 3 aliphatic rings. The van der Waals surface area contributed by atoms with Gasteiger partial charge in [0.2, 0.25) is 13.6 Å². The van der Waals surface area contributed by atoms with E-state index >= 15 is 0 Å². The van der Waals surface area contributed by atoms with E-state index in [-0.39, 0.29) is 25.8 Å². The highest BCUT2D eigenvalue weighted by Gasteiger charge is 2.34. The summed E-state index contributed by atoms with van der Waals surface area (Å²) in [7, 11) is 0. The van der Waals surface area contributed by atoms with E-state index in [4.69, 9.17) is 23.7 Å². The molecule has 0 fully saturated rings. The molecular weight excluding hydrogens is 558 g/mol. The van der Waals surface area contributed by atoms with Gasteiger partial charge in [0.15, 0.2) is 27.8 Å². The first-order valence-corrected chi connectivity index (χ1v) is 14.3. The minimum atomic E-state index is -0.738. The predicted molar refractivity (Wildman–Crippen MR) is 154 cm³/mol. The van der Waals surface area contributed by atoms with Crippen LogP contribution in [0.4, 0.5) is 0 Å². The van der Waals surface area contributed by atoms with Gasteiger partial charge < -0.3 is 28.3 Å². The van der Waals surface area contributed by atoms with Crippen LogP contribution in [-0.4, -0.2) is 35.3 Å². The number of allylic oxidation sites excluding steroid dienone is 1. The SMILES string of the molecule is CCOC(=O)C1=C(C)N=c2s/c(=C/c3cc(C)n(-c4ccc5c(c4)OCO5)c3C)c(=O)n2[C@H]1c1ccc2c(c1)OCO2. The number of thiazole rings is 1. The molecule has 0 bridgehead atoms. The summed E-state index contributed by atoms with van der Waals surface area (Å²) < 4.78 is 31.7. The van der Waals surface area contributed by atoms with Gasteiger partial charge in [0.05, 0.1) is 28.5 Å². The molecule has 0 amide bonds. The lowest BCUT2D eigenvalue weighted by atomic mass is 9.95. The molecule has 42 heavy (non-hydrogen) atoms. The number of aryl methyl sites for hydroxylation is 1. The van der Waals surface area contributed by atoms with Gasteiger partial charge in [0.25, 0.3) is 5.56 Å². The topological polar surface area (TPSA) is 103 Å². The van der Waals surface area contributed by atoms with E-state index < -0.39 is 12.0 Å². The average molecular weight is 586 g/mol. The maximum absolute atomic E-state index is 14.1. The van der Waals surface area contributed by atoms with Crippen LogP contribution in [0.5, 0.6) is 23.0 Å². The van der Waals surface area contributed by atoms with Crippen molar-refractivity contribution >= 4 is 23.4 Å². The van der Waals surface area contributed by atoms with Gasteiger partial charge in [0.1, 0.15) is 0 Å². The number of carbonyl (C=O) groups is 1. The molecule has 214 valence electrons. The van der Waals surface area contributed by atoms with E-state index in [9.17, 15) is 9.59 Å². The summed E-state index contributed by atoms with van der Waals surface area (Å²) >= 11 is 1.29. The number of hydrogen-bond donors (Lipinski definition) is 0. The Bertz CT molecular complexity index is 2000. The van der Waals surface area contributed by atoms with Crippen LogP contribution in [0.2, 0.25) is 0 Å². The summed E-state index contributed by atoms with van der Waals surface area (Å²) in [5.41, 5.74) is 5.08. The number of benzene rings is 2. The predicted octanol–water partition coefficient (Wildman–Crippen LogP) is 3.66. The van der Waals surface area contributed by atoms with Crippen LogP contribution in [0, 0.1) is 13.8 Å². The van der Waals surface area contributed by atoms with Gasteiger partial charge in [-0.25, -0.2) is 9.79 Å². The van der Waals surface area contributed by atoms with E-state index in [0.717, 1.165) is 28.4 Å². The third-order valence-corrected chi connectivity index (χ3v) is 8.58. The Morgan fingerprint density at radius 2 is 1.69 bits per heavy atom. The zero-order valence-electron chi connectivity index (χ0n) is 23.4. The Kier molecular flexibility index (Phi) is 6.19. The van der Waals surface area contributed by atoms with Crippen LogP contribution in [-0.2, 0) is 9.53 Å². The second kappa shape index (κ2) is 9.95. The van der Waals surface area contributed by atoms with E-state index in [1.54, 1.807) is 30.5 Å². The van der Waals surface area contributed by atoms with Gasteiger partial charge in [-0.1, -0.05) is 17.4 Å². The zero-order chi connectivity index (χ0) is 29.1. The van der Waals surface area contributed by atoms with Gasteiger partial charge in [-0.05, 0) is 75.2 Å². The van der Waals surface area contributed by atoms with Crippen LogP contribution in [0.15, 0.2) is 63.5 Å². The Hall–Kier alpha value is -4.77. The first-order chi connectivity index (χ1) is 20.3. The molecule has 5 heterocycles. The monoisotopic (exact) mass is 585 g/mol. The number of hydrogen-bond acceptors (Lipinski definition) is 9. The van der Waals surface area contributed by atoms with E-state index in [2.05, 4.69) is 9.56 Å². The fourth-order valence-electron chi connectivity index (χ4n) is 5.69. The molecule has 0 saturated heterocycles. The minimum Gasteiger partial charge on any atom is -0.463 e. The van der Waals surface area contributed by atoms with E-state index in [0.29, 0.717) is 43.4 Å². The van der Waals surface area contributed by atoms with Crippen LogP contribution >= 0.6 is 11.3 Å². The molecule has 7 rings (SSSR count). The first kappa shape index (κ1) is 26.1. The molecule has 0 unspecified atom stereocenters. The number of ether oxygens (including phenoxy) is 5. The second-order valence-electron chi connectivity index (χ2n) is 10.1. The normalized spacial score (nSPS) is 17.0. The van der Waals surface area contributed by atoms with E-state index in [1.165, 1.54) is 11.3 Å². The summed E-state index contributed by atoms with van der Waals surface area (Å²) in [5, 5.41) is 0. The molecule has 0 aliphatic carbocycles. The van der Waals surface area contributed by atoms with Gasteiger partial charge in [0, 0.05) is 23.1 Å². The summed E-state index contributed by atoms with van der Waals surface area (Å²) in [4.78, 5) is 32.5. The number of rotatable bonds is 5. The van der Waals surface area contributed by atoms with Crippen molar-refractivity contribution in [3.63, 3.8) is 0 Å². The quantitative estimate of drug-likeness (QED) is 0.330. The van der Waals surface area contributed by atoms with E-state index in [1.807, 2.05) is 50.3 Å². The van der Waals surface area contributed by atoms with Crippen molar-refractivity contribution in [1.82, 2.24) is 9.13 Å². The molecule has 1 atom stereocenters. The Morgan fingerprint density at radius 3 is 2.43 bits per heavy atom. The molecule has 0 radical (unpaired) electrons. The molecule has 0 spiro atoms. The molecule has 3 aliphatic heterocycles. The van der Waals surface area contributed by atoms with Crippen LogP contribution in [0.25, 0.3) is 11.8 Å². The highest BCUT2D eigenvalue weighted by molar-refractivity contribution is 7.07. The van der Waals surface area contributed by atoms with Gasteiger partial charge >= 0.3 is 5.97 Å². The highest BCUT2D eigenvalue weighted by atomic mass is 32.1. The lowest BCUT2D eigenvalue weighted by molar-refractivity contribution is -0.139. The fraction of sp³-hybridized carbons (Fsp3) is 0.258. The van der Waals surface area contributed by atoms with Crippen molar-refractivity contribution in [2.24, 2.45) is 4.99 Å². The molecule has 2 aromatic heterocycles. The second-order valence-corrected chi connectivity index (χ2v) is 11.1. The largest absolute Gasteiger partial charge is 0.463 e. The van der Waals surface area contributed by atoms with Crippen molar-refractivity contribution in [2.75, 3.05) is 20.2 Å². The Labute approximate surface area is 244 Å². The van der Waals surface area contributed by atoms with Crippen molar-refractivity contribution in [3.8, 4) is 28.7 Å². The Morgan fingerprint density at radius 1 is 1.00 bits per heavy atom. The zero-order valence-corrected chi connectivity index (χ0v) is 24.2. The number of carbonyl (C=O) groups excluding carboxylic acids is 1. The van der Waals surface area contributed by atoms with Crippen molar-refractivity contribution in [2.45, 2.75) is 33.7 Å². The molecule has 10 nitrogen and oxygen atoms in total. The summed E-state index contributed by atoms with van der Waals surface area (Å²) in [6.45, 7) is 8.07. The highest BCUT2D eigenvalue weighted by Crippen LogP contribution is 2.38. The molecule has 11 heteroatoms. The van der Waals surface area contributed by atoms with Crippen molar-refractivity contribution < 1.29 is 28.5 Å². The average Bonchev–Trinajstić information content (AvgIpc) is 3.74. The van der Waals surface area contributed by atoms with Gasteiger partial charge in [-0.2, -0.15) is 0 Å². The number of aromatic nitrogens is 2. The van der Waals surface area contributed by atoms with Crippen LogP contribution in [0.3, 0.4) is 0 Å². The molecule has 0 saturated carbocycles. The molecule has 4 aromatic rings. The third kappa shape index (κ3) is 4.11. The lowest BCUT2D eigenvalue weighted by Crippen LogP contribution is -2.39. The summed E-state index contributed by atoms with van der Waals surface area (Å²) in [6, 6.07) is 12.6. The van der Waals surface area contributed by atoms with Crippen molar-refractivity contribution in [1.29, 1.82) is 0 Å².